The van der Waals surface area contributed by atoms with Gasteiger partial charge in [-0.25, -0.2) is 4.98 Å². The number of fused-ring (bicyclic) bond motifs is 1. The van der Waals surface area contributed by atoms with Gasteiger partial charge in [-0.2, -0.15) is 5.10 Å². The summed E-state index contributed by atoms with van der Waals surface area (Å²) in [6.45, 7) is 5.67. The summed E-state index contributed by atoms with van der Waals surface area (Å²) < 4.78 is 1.78. The second kappa shape index (κ2) is 6.47. The van der Waals surface area contributed by atoms with Gasteiger partial charge in [-0.05, 0) is 25.0 Å². The summed E-state index contributed by atoms with van der Waals surface area (Å²) >= 11 is 0. The van der Waals surface area contributed by atoms with E-state index >= 15 is 0 Å². The molecule has 6 nitrogen and oxygen atoms in total. The van der Waals surface area contributed by atoms with Crippen molar-refractivity contribution in [3.05, 3.63) is 23.5 Å². The first-order valence-electron chi connectivity index (χ1n) is 6.87. The Bertz CT molecular complexity index is 605. The molecule has 2 N–H and O–H groups in total. The maximum atomic E-state index is 11.5. The molecule has 2 heterocycles. The second-order valence-corrected chi connectivity index (χ2v) is 4.88. The molecule has 0 aromatic carbocycles. The van der Waals surface area contributed by atoms with E-state index in [1.165, 1.54) is 0 Å². The van der Waals surface area contributed by atoms with E-state index < -0.39 is 0 Å². The first kappa shape index (κ1) is 14.5. The monoisotopic (exact) mass is 275 g/mol. The summed E-state index contributed by atoms with van der Waals surface area (Å²) in [4.78, 5) is 15.9. The van der Waals surface area contributed by atoms with E-state index in [1.807, 2.05) is 27.1 Å². The van der Waals surface area contributed by atoms with Crippen LogP contribution in [0.5, 0.6) is 0 Å². The molecule has 0 atom stereocenters. The minimum absolute atomic E-state index is 0.0263. The van der Waals surface area contributed by atoms with Crippen LogP contribution in [0, 0.1) is 6.92 Å². The molecule has 2 rings (SSSR count). The Morgan fingerprint density at radius 1 is 1.45 bits per heavy atom. The normalized spacial score (nSPS) is 10.9. The highest BCUT2D eigenvalue weighted by Gasteiger charge is 2.07. The van der Waals surface area contributed by atoms with E-state index in [2.05, 4.69) is 26.8 Å². The highest BCUT2D eigenvalue weighted by atomic mass is 16.1. The van der Waals surface area contributed by atoms with E-state index in [1.54, 1.807) is 4.68 Å². The minimum atomic E-state index is 0.0263. The molecule has 0 aliphatic heterocycles. The van der Waals surface area contributed by atoms with Crippen molar-refractivity contribution >= 4 is 16.9 Å². The second-order valence-electron chi connectivity index (χ2n) is 4.88. The molecule has 0 aliphatic rings. The summed E-state index contributed by atoms with van der Waals surface area (Å²) in [7, 11) is 1.89. The number of nitrogens with zero attached hydrogens (tertiary/aromatic N) is 3. The molecule has 0 unspecified atom stereocenters. The minimum Gasteiger partial charge on any atom is -0.355 e. The summed E-state index contributed by atoms with van der Waals surface area (Å²) in [5, 5.41) is 11.4. The predicted molar refractivity (Wildman–Crippen MR) is 78.3 cm³/mol. The fourth-order valence-corrected chi connectivity index (χ4v) is 2.10. The van der Waals surface area contributed by atoms with Crippen molar-refractivity contribution in [1.82, 2.24) is 25.4 Å². The Labute approximate surface area is 118 Å². The summed E-state index contributed by atoms with van der Waals surface area (Å²) in [6.07, 6.45) is 2.77. The number of carbonyl (C=O) groups is 1. The number of nitrogens with one attached hydrogen (secondary N) is 2. The average Bonchev–Trinajstić information content (AvgIpc) is 2.71. The van der Waals surface area contributed by atoms with Crippen molar-refractivity contribution in [1.29, 1.82) is 0 Å². The lowest BCUT2D eigenvalue weighted by Crippen LogP contribution is -2.33. The molecule has 1 amide bonds. The zero-order valence-corrected chi connectivity index (χ0v) is 12.2. The van der Waals surface area contributed by atoms with Gasteiger partial charge in [0.1, 0.15) is 0 Å². The molecule has 108 valence electrons. The molecular weight excluding hydrogens is 254 g/mol. The van der Waals surface area contributed by atoms with Crippen LogP contribution in [0.4, 0.5) is 0 Å². The maximum absolute atomic E-state index is 11.5. The van der Waals surface area contributed by atoms with Gasteiger partial charge in [0.25, 0.3) is 0 Å². The lowest BCUT2D eigenvalue weighted by Gasteiger charge is -2.06. The van der Waals surface area contributed by atoms with Gasteiger partial charge in [0.15, 0.2) is 5.65 Å². The molecule has 0 saturated heterocycles. The largest absolute Gasteiger partial charge is 0.355 e. The number of hydrogen-bond donors (Lipinski definition) is 2. The van der Waals surface area contributed by atoms with Gasteiger partial charge >= 0.3 is 0 Å². The van der Waals surface area contributed by atoms with Crippen LogP contribution in [-0.4, -0.2) is 33.8 Å². The lowest BCUT2D eigenvalue weighted by atomic mass is 10.2. The van der Waals surface area contributed by atoms with Gasteiger partial charge in [0.2, 0.25) is 5.91 Å². The summed E-state index contributed by atoms with van der Waals surface area (Å²) in [5.74, 6) is 0.0263. The Hall–Kier alpha value is -1.95. The van der Waals surface area contributed by atoms with E-state index in [9.17, 15) is 4.79 Å². The average molecular weight is 275 g/mol. The fourth-order valence-electron chi connectivity index (χ4n) is 2.10. The summed E-state index contributed by atoms with van der Waals surface area (Å²) in [5.41, 5.74) is 2.90. The first-order valence-corrected chi connectivity index (χ1v) is 6.87. The zero-order valence-electron chi connectivity index (χ0n) is 12.2. The van der Waals surface area contributed by atoms with Crippen molar-refractivity contribution in [2.45, 2.75) is 26.8 Å². The lowest BCUT2D eigenvalue weighted by molar-refractivity contribution is -0.120. The maximum Gasteiger partial charge on any atom is 0.233 e. The van der Waals surface area contributed by atoms with Crippen LogP contribution < -0.4 is 10.6 Å². The number of amides is 1. The highest BCUT2D eigenvalue weighted by Crippen LogP contribution is 2.16. The third-order valence-electron chi connectivity index (χ3n) is 3.11. The van der Waals surface area contributed by atoms with Gasteiger partial charge in [-0.1, -0.05) is 6.92 Å². The number of rotatable bonds is 6. The van der Waals surface area contributed by atoms with Crippen LogP contribution in [0.3, 0.4) is 0 Å². The standard InChI is InChI=1S/C14H21N5O/c1-4-5-16-13(20)9-15-7-11-6-12-10(2)18-19(3)14(12)17-8-11/h6,8,15H,4-5,7,9H2,1-3H3,(H,16,20). The number of aromatic nitrogens is 3. The van der Waals surface area contributed by atoms with Crippen LogP contribution in [0.15, 0.2) is 12.3 Å². The van der Waals surface area contributed by atoms with E-state index in [0.29, 0.717) is 13.1 Å². The van der Waals surface area contributed by atoms with Crippen molar-refractivity contribution in [3.63, 3.8) is 0 Å². The topological polar surface area (TPSA) is 71.8 Å². The Kier molecular flexibility index (Phi) is 4.68. The third-order valence-corrected chi connectivity index (χ3v) is 3.11. The zero-order chi connectivity index (χ0) is 14.5. The van der Waals surface area contributed by atoms with Gasteiger partial charge in [-0.15, -0.1) is 0 Å². The molecule has 0 bridgehead atoms. The number of pyridine rings is 1. The van der Waals surface area contributed by atoms with Crippen molar-refractivity contribution < 1.29 is 4.79 Å². The quantitative estimate of drug-likeness (QED) is 0.821. The van der Waals surface area contributed by atoms with Crippen LogP contribution in [0.2, 0.25) is 0 Å². The van der Waals surface area contributed by atoms with Crippen LogP contribution >= 0.6 is 0 Å². The molecule has 2 aromatic rings. The molecule has 0 spiro atoms. The van der Waals surface area contributed by atoms with Crippen molar-refractivity contribution in [2.24, 2.45) is 7.05 Å². The van der Waals surface area contributed by atoms with Crippen molar-refractivity contribution in [3.8, 4) is 0 Å². The van der Waals surface area contributed by atoms with Gasteiger partial charge < -0.3 is 10.6 Å². The number of aryl methyl sites for hydroxylation is 2. The van der Waals surface area contributed by atoms with Crippen molar-refractivity contribution in [2.75, 3.05) is 13.1 Å². The summed E-state index contributed by atoms with van der Waals surface area (Å²) in [6, 6.07) is 2.07. The smallest absolute Gasteiger partial charge is 0.233 e. The molecule has 0 radical (unpaired) electrons. The van der Waals surface area contributed by atoms with Gasteiger partial charge in [0.05, 0.1) is 12.2 Å². The number of carbonyl (C=O) groups excluding carboxylic acids is 1. The molecular formula is C14H21N5O. The third kappa shape index (κ3) is 3.33. The molecule has 0 saturated carbocycles. The van der Waals surface area contributed by atoms with E-state index in [4.69, 9.17) is 0 Å². The van der Waals surface area contributed by atoms with Crippen LogP contribution in [0.25, 0.3) is 11.0 Å². The Morgan fingerprint density at radius 2 is 2.25 bits per heavy atom. The van der Waals surface area contributed by atoms with Crippen LogP contribution in [-0.2, 0) is 18.4 Å². The molecule has 0 fully saturated rings. The number of hydrogen-bond acceptors (Lipinski definition) is 4. The first-order chi connectivity index (χ1) is 9.61. The van der Waals surface area contributed by atoms with Crippen LogP contribution in [0.1, 0.15) is 24.6 Å². The van der Waals surface area contributed by atoms with E-state index in [0.717, 1.165) is 35.3 Å². The SMILES string of the molecule is CCCNC(=O)CNCc1cnc2c(c1)c(C)nn2C. The molecule has 6 heteroatoms. The molecule has 0 aliphatic carbocycles. The fraction of sp³-hybridized carbons (Fsp3) is 0.500. The van der Waals surface area contributed by atoms with Gasteiger partial charge in [0, 0.05) is 31.7 Å². The Balaban J connectivity index is 1.93. The predicted octanol–water partition coefficient (Wildman–Crippen LogP) is 0.893. The highest BCUT2D eigenvalue weighted by molar-refractivity contribution is 5.79. The van der Waals surface area contributed by atoms with E-state index in [-0.39, 0.29) is 5.91 Å². The van der Waals surface area contributed by atoms with Gasteiger partial charge in [-0.3, -0.25) is 9.48 Å². The Morgan fingerprint density at radius 3 is 3.00 bits per heavy atom. The molecule has 2 aromatic heterocycles. The molecule has 20 heavy (non-hydrogen) atoms.